The second kappa shape index (κ2) is 16.9. The molecule has 2 heterocycles. The van der Waals surface area contributed by atoms with Gasteiger partial charge in [-0.2, -0.15) is 0 Å². The van der Waals surface area contributed by atoms with Gasteiger partial charge in [-0.3, -0.25) is 9.69 Å². The van der Waals surface area contributed by atoms with Crippen LogP contribution in [0.15, 0.2) is 115 Å². The van der Waals surface area contributed by atoms with Gasteiger partial charge in [0.05, 0.1) is 17.8 Å². The van der Waals surface area contributed by atoms with Crippen molar-refractivity contribution < 1.29 is 27.8 Å². The van der Waals surface area contributed by atoms with Crippen LogP contribution in [-0.4, -0.2) is 53.9 Å². The number of nitrogens with zero attached hydrogens (tertiary/aromatic N) is 3. The lowest BCUT2D eigenvalue weighted by atomic mass is 10.1. The Kier molecular flexibility index (Phi) is 11.7. The number of ether oxygens (including phenoxy) is 3. The fraction of sp³-hybridized carbons (Fsp3) is 0.200. The first-order chi connectivity index (χ1) is 24.4. The minimum absolute atomic E-state index is 0.277. The monoisotopic (exact) mass is 695 g/mol. The third-order valence-electron chi connectivity index (χ3n) is 8.31. The van der Waals surface area contributed by atoms with Crippen LogP contribution in [0.2, 0.25) is 5.02 Å². The van der Waals surface area contributed by atoms with Crippen molar-refractivity contribution >= 4 is 23.6 Å². The van der Waals surface area contributed by atoms with Crippen molar-refractivity contribution in [1.29, 1.82) is 0 Å². The SMILES string of the molecule is O=C/C=C(\c1ccc(Oc2ccc(OCc3ccc(F)cc3)cn2)c(Cl)c1)N1CCN(Cc2ccc(CCOc3ccc(F)cc3)cc2)CC1. The van der Waals surface area contributed by atoms with E-state index in [1.807, 2.05) is 6.07 Å². The maximum Gasteiger partial charge on any atom is 0.219 e. The number of allylic oxidation sites excluding steroid dienone is 1. The lowest BCUT2D eigenvalue weighted by Gasteiger charge is -2.37. The van der Waals surface area contributed by atoms with E-state index >= 15 is 0 Å². The van der Waals surface area contributed by atoms with Gasteiger partial charge in [-0.25, -0.2) is 13.8 Å². The maximum atomic E-state index is 13.1. The van der Waals surface area contributed by atoms with Gasteiger partial charge < -0.3 is 19.1 Å². The van der Waals surface area contributed by atoms with Gasteiger partial charge >= 0.3 is 0 Å². The van der Waals surface area contributed by atoms with Crippen LogP contribution in [-0.2, 0) is 24.4 Å². The van der Waals surface area contributed by atoms with Gasteiger partial charge in [-0.15, -0.1) is 0 Å². The quantitative estimate of drug-likeness (QED) is 0.0855. The fourth-order valence-corrected chi connectivity index (χ4v) is 5.82. The summed E-state index contributed by atoms with van der Waals surface area (Å²) in [6, 6.07) is 29.6. The molecule has 0 spiro atoms. The normalized spacial score (nSPS) is 13.6. The molecule has 50 heavy (non-hydrogen) atoms. The van der Waals surface area contributed by atoms with Crippen LogP contribution in [0.5, 0.6) is 23.1 Å². The number of piperazine rings is 1. The molecule has 0 amide bonds. The average molecular weight is 696 g/mol. The minimum atomic E-state index is -0.294. The number of aldehydes is 1. The van der Waals surface area contributed by atoms with Crippen molar-refractivity contribution in [3.05, 3.63) is 154 Å². The Morgan fingerprint density at radius 2 is 1.42 bits per heavy atom. The molecule has 0 N–H and O–H groups in total. The van der Waals surface area contributed by atoms with E-state index in [9.17, 15) is 13.6 Å². The smallest absolute Gasteiger partial charge is 0.219 e. The first kappa shape index (κ1) is 34.6. The van der Waals surface area contributed by atoms with E-state index < -0.39 is 0 Å². The second-order valence-corrected chi connectivity index (χ2v) is 12.2. The summed E-state index contributed by atoms with van der Waals surface area (Å²) in [4.78, 5) is 20.6. The maximum absolute atomic E-state index is 13.1. The van der Waals surface area contributed by atoms with Gasteiger partial charge in [0.25, 0.3) is 0 Å². The molecule has 0 unspecified atom stereocenters. The molecule has 5 aromatic rings. The minimum Gasteiger partial charge on any atom is -0.493 e. The van der Waals surface area contributed by atoms with Gasteiger partial charge in [0.1, 0.15) is 41.8 Å². The molecule has 0 radical (unpaired) electrons. The number of halogens is 3. The number of hydrogen-bond acceptors (Lipinski definition) is 7. The zero-order valence-electron chi connectivity index (χ0n) is 27.3. The molecule has 7 nitrogen and oxygen atoms in total. The van der Waals surface area contributed by atoms with Crippen LogP contribution in [0, 0.1) is 11.6 Å². The number of pyridine rings is 1. The molecule has 10 heteroatoms. The van der Waals surface area contributed by atoms with Crippen LogP contribution in [0.4, 0.5) is 8.78 Å². The lowest BCUT2D eigenvalue weighted by molar-refractivity contribution is -0.104. The first-order valence-corrected chi connectivity index (χ1v) is 16.7. The van der Waals surface area contributed by atoms with Crippen LogP contribution in [0.25, 0.3) is 5.70 Å². The van der Waals surface area contributed by atoms with Crippen molar-refractivity contribution in [3.8, 4) is 23.1 Å². The summed E-state index contributed by atoms with van der Waals surface area (Å²) in [6.45, 7) is 4.84. The van der Waals surface area contributed by atoms with Crippen molar-refractivity contribution in [2.45, 2.75) is 19.6 Å². The Labute approximate surface area is 295 Å². The predicted octanol–water partition coefficient (Wildman–Crippen LogP) is 8.36. The number of rotatable bonds is 14. The Morgan fingerprint density at radius 3 is 2.08 bits per heavy atom. The summed E-state index contributed by atoms with van der Waals surface area (Å²) in [5, 5.41) is 0.391. The molecule has 0 saturated carbocycles. The van der Waals surface area contributed by atoms with Gasteiger partial charge in [-0.1, -0.05) is 48.0 Å². The molecular formula is C40H36ClF2N3O4. The number of carbonyl (C=O) groups is 1. The fourth-order valence-electron chi connectivity index (χ4n) is 5.60. The van der Waals surface area contributed by atoms with Gasteiger partial charge in [0, 0.05) is 57.0 Å². The summed E-state index contributed by atoms with van der Waals surface area (Å²) in [6.07, 6.45) is 4.69. The molecule has 1 aliphatic heterocycles. The van der Waals surface area contributed by atoms with Gasteiger partial charge in [-0.05, 0) is 82.9 Å². The predicted molar refractivity (Wildman–Crippen MR) is 189 cm³/mol. The number of benzene rings is 4. The summed E-state index contributed by atoms with van der Waals surface area (Å²) in [5.74, 6) is 1.42. The number of aromatic nitrogens is 1. The van der Waals surface area contributed by atoms with E-state index in [1.165, 1.54) is 35.4 Å². The molecule has 6 rings (SSSR count). The van der Waals surface area contributed by atoms with E-state index in [0.29, 0.717) is 34.8 Å². The Bertz CT molecular complexity index is 1880. The van der Waals surface area contributed by atoms with Crippen molar-refractivity contribution in [1.82, 2.24) is 14.8 Å². The summed E-state index contributed by atoms with van der Waals surface area (Å²) >= 11 is 6.64. The van der Waals surface area contributed by atoms with Crippen molar-refractivity contribution in [2.75, 3.05) is 32.8 Å². The first-order valence-electron chi connectivity index (χ1n) is 16.3. The van der Waals surface area contributed by atoms with E-state index in [0.717, 1.165) is 62.3 Å². The number of carbonyl (C=O) groups excluding carboxylic acids is 1. The Balaban J connectivity index is 0.977. The van der Waals surface area contributed by atoms with E-state index in [1.54, 1.807) is 60.8 Å². The zero-order chi connectivity index (χ0) is 34.7. The summed E-state index contributed by atoms with van der Waals surface area (Å²) < 4.78 is 43.6. The highest BCUT2D eigenvalue weighted by molar-refractivity contribution is 6.32. The van der Waals surface area contributed by atoms with E-state index in [-0.39, 0.29) is 18.2 Å². The highest BCUT2D eigenvalue weighted by Gasteiger charge is 2.21. The molecule has 1 aliphatic rings. The highest BCUT2D eigenvalue weighted by Crippen LogP contribution is 2.33. The zero-order valence-corrected chi connectivity index (χ0v) is 28.1. The van der Waals surface area contributed by atoms with Crippen LogP contribution in [0.3, 0.4) is 0 Å². The second-order valence-electron chi connectivity index (χ2n) is 11.8. The molecule has 1 fully saturated rings. The van der Waals surface area contributed by atoms with Crippen LogP contribution < -0.4 is 14.2 Å². The Morgan fingerprint density at radius 1 is 0.760 bits per heavy atom. The molecular weight excluding hydrogens is 660 g/mol. The molecule has 256 valence electrons. The summed E-state index contributed by atoms with van der Waals surface area (Å²) in [7, 11) is 0. The van der Waals surface area contributed by atoms with E-state index in [2.05, 4.69) is 39.0 Å². The summed E-state index contributed by atoms with van der Waals surface area (Å²) in [5.41, 5.74) is 4.88. The van der Waals surface area contributed by atoms with Crippen LogP contribution >= 0.6 is 11.6 Å². The topological polar surface area (TPSA) is 64.1 Å². The van der Waals surface area contributed by atoms with Crippen LogP contribution in [0.1, 0.15) is 22.3 Å². The van der Waals surface area contributed by atoms with Gasteiger partial charge in [0.15, 0.2) is 0 Å². The number of hydrogen-bond donors (Lipinski definition) is 0. The van der Waals surface area contributed by atoms with Crippen molar-refractivity contribution in [3.63, 3.8) is 0 Å². The molecule has 4 aromatic carbocycles. The molecule has 0 atom stereocenters. The Hall–Kier alpha value is -5.25. The highest BCUT2D eigenvalue weighted by atomic mass is 35.5. The third kappa shape index (κ3) is 9.68. The van der Waals surface area contributed by atoms with E-state index in [4.69, 9.17) is 25.8 Å². The molecule has 1 saturated heterocycles. The largest absolute Gasteiger partial charge is 0.493 e. The lowest BCUT2D eigenvalue weighted by Crippen LogP contribution is -2.44. The third-order valence-corrected chi connectivity index (χ3v) is 8.61. The molecule has 0 aliphatic carbocycles. The van der Waals surface area contributed by atoms with Gasteiger partial charge in [0.2, 0.25) is 5.88 Å². The average Bonchev–Trinajstić information content (AvgIpc) is 3.14. The van der Waals surface area contributed by atoms with Crippen molar-refractivity contribution in [2.24, 2.45) is 0 Å². The standard InChI is InChI=1S/C40H36ClF2N3O4/c41-37-25-32(7-15-39(37)50-40-16-14-36(26-44-40)49-28-31-5-8-33(42)9-6-31)38(17-23-47)46-21-19-45(20-22-46)27-30-3-1-29(2-4-30)18-24-48-35-12-10-34(43)11-13-35/h1-17,23,25-26H,18-22,24,27-28H2/b38-17+. The molecule has 0 bridgehead atoms. The molecule has 1 aromatic heterocycles.